The van der Waals surface area contributed by atoms with Gasteiger partial charge in [-0.25, -0.2) is 8.78 Å². The molecule has 1 aromatic heterocycles. The van der Waals surface area contributed by atoms with Crippen LogP contribution in [0.3, 0.4) is 0 Å². The zero-order valence-electron chi connectivity index (χ0n) is 11.3. The fourth-order valence-corrected chi connectivity index (χ4v) is 2.14. The third kappa shape index (κ3) is 2.65. The number of hydrogen-bond donors (Lipinski definition) is 1. The van der Waals surface area contributed by atoms with Crippen molar-refractivity contribution < 1.29 is 18.6 Å². The van der Waals surface area contributed by atoms with Gasteiger partial charge in [0.05, 0.1) is 13.3 Å². The van der Waals surface area contributed by atoms with E-state index in [9.17, 15) is 13.9 Å². The van der Waals surface area contributed by atoms with E-state index in [0.717, 1.165) is 0 Å². The Morgan fingerprint density at radius 2 is 2.00 bits per heavy atom. The first-order valence-corrected chi connectivity index (χ1v) is 6.29. The Hall–Kier alpha value is -1.95. The van der Waals surface area contributed by atoms with Gasteiger partial charge in [0.25, 0.3) is 0 Å². The highest BCUT2D eigenvalue weighted by molar-refractivity contribution is 5.30. The summed E-state index contributed by atoms with van der Waals surface area (Å²) in [5.41, 5.74) is 0.267. The molecule has 1 atom stereocenters. The van der Waals surface area contributed by atoms with Crippen molar-refractivity contribution in [2.24, 2.45) is 0 Å². The molecule has 0 bridgehead atoms. The van der Waals surface area contributed by atoms with Crippen molar-refractivity contribution in [1.82, 2.24) is 9.78 Å². The summed E-state index contributed by atoms with van der Waals surface area (Å²) >= 11 is 0. The molecule has 0 saturated heterocycles. The standard InChI is InChI=1S/C14H16F2N2O2/c1-3-18-14(13(20-2)8-17-18)12(19)7-9-10(15)5-4-6-11(9)16/h4-6,8,12,19H,3,7H2,1-2H3. The van der Waals surface area contributed by atoms with Crippen LogP contribution in [0.25, 0.3) is 0 Å². The number of halogens is 2. The number of methoxy groups -OCH3 is 1. The quantitative estimate of drug-likeness (QED) is 0.916. The topological polar surface area (TPSA) is 47.3 Å². The summed E-state index contributed by atoms with van der Waals surface area (Å²) in [5.74, 6) is -0.952. The second kappa shape index (κ2) is 6.00. The molecular formula is C14H16F2N2O2. The molecule has 2 rings (SSSR count). The molecule has 108 valence electrons. The van der Waals surface area contributed by atoms with Crippen LogP contribution in [0.15, 0.2) is 24.4 Å². The number of aromatic nitrogens is 2. The minimum atomic E-state index is -1.10. The van der Waals surface area contributed by atoms with Crippen molar-refractivity contribution in [2.75, 3.05) is 7.11 Å². The lowest BCUT2D eigenvalue weighted by atomic mass is 10.0. The van der Waals surface area contributed by atoms with Crippen molar-refractivity contribution >= 4 is 0 Å². The Labute approximate surface area is 115 Å². The van der Waals surface area contributed by atoms with Crippen molar-refractivity contribution in [2.45, 2.75) is 26.0 Å². The fourth-order valence-electron chi connectivity index (χ4n) is 2.14. The molecule has 1 unspecified atom stereocenters. The fraction of sp³-hybridized carbons (Fsp3) is 0.357. The van der Waals surface area contributed by atoms with Crippen LogP contribution in [-0.2, 0) is 13.0 Å². The van der Waals surface area contributed by atoms with E-state index in [-0.39, 0.29) is 12.0 Å². The molecule has 0 aliphatic heterocycles. The SMILES string of the molecule is CCn1ncc(OC)c1C(O)Cc1c(F)cccc1F. The van der Waals surface area contributed by atoms with Gasteiger partial charge in [-0.15, -0.1) is 0 Å². The first-order valence-electron chi connectivity index (χ1n) is 6.29. The number of aliphatic hydroxyl groups is 1. The highest BCUT2D eigenvalue weighted by atomic mass is 19.1. The Bertz CT molecular complexity index is 557. The molecule has 0 saturated carbocycles. The van der Waals surface area contributed by atoms with Gasteiger partial charge in [-0.05, 0) is 19.1 Å². The number of rotatable bonds is 5. The Kier molecular flexibility index (Phi) is 4.34. The molecule has 0 radical (unpaired) electrons. The maximum atomic E-state index is 13.6. The summed E-state index contributed by atoms with van der Waals surface area (Å²) < 4.78 is 33.9. The van der Waals surface area contributed by atoms with Gasteiger partial charge in [-0.2, -0.15) is 5.10 Å². The van der Waals surface area contributed by atoms with Crippen molar-refractivity contribution in [3.8, 4) is 5.75 Å². The predicted octanol–water partition coefficient (Wildman–Crippen LogP) is 2.47. The van der Waals surface area contributed by atoms with Crippen LogP contribution in [0.1, 0.15) is 24.3 Å². The Morgan fingerprint density at radius 1 is 1.35 bits per heavy atom. The lowest BCUT2D eigenvalue weighted by Gasteiger charge is -2.15. The number of hydrogen-bond acceptors (Lipinski definition) is 3. The third-order valence-corrected chi connectivity index (χ3v) is 3.14. The molecule has 4 nitrogen and oxygen atoms in total. The van der Waals surface area contributed by atoms with E-state index in [4.69, 9.17) is 4.74 Å². The highest BCUT2D eigenvalue weighted by Crippen LogP contribution is 2.28. The van der Waals surface area contributed by atoms with Gasteiger partial charge in [-0.1, -0.05) is 6.07 Å². The van der Waals surface area contributed by atoms with Crippen molar-refractivity contribution in [1.29, 1.82) is 0 Å². The van der Waals surface area contributed by atoms with Gasteiger partial charge in [0.1, 0.15) is 23.4 Å². The molecule has 20 heavy (non-hydrogen) atoms. The van der Waals surface area contributed by atoms with Gasteiger partial charge in [-0.3, -0.25) is 4.68 Å². The molecule has 1 aromatic carbocycles. The highest BCUT2D eigenvalue weighted by Gasteiger charge is 2.22. The first kappa shape index (κ1) is 14.5. The lowest BCUT2D eigenvalue weighted by Crippen LogP contribution is -2.12. The van der Waals surface area contributed by atoms with E-state index >= 15 is 0 Å². The van der Waals surface area contributed by atoms with E-state index in [2.05, 4.69) is 5.10 Å². The molecule has 0 fully saturated rings. The van der Waals surface area contributed by atoms with E-state index in [1.807, 2.05) is 6.92 Å². The minimum Gasteiger partial charge on any atom is -0.493 e. The summed E-state index contributed by atoms with van der Waals surface area (Å²) in [6.45, 7) is 2.38. The van der Waals surface area contributed by atoms with Gasteiger partial charge < -0.3 is 9.84 Å². The van der Waals surface area contributed by atoms with E-state index in [0.29, 0.717) is 18.0 Å². The van der Waals surface area contributed by atoms with Crippen LogP contribution in [0, 0.1) is 11.6 Å². The van der Waals surface area contributed by atoms with Crippen LogP contribution >= 0.6 is 0 Å². The zero-order chi connectivity index (χ0) is 14.7. The lowest BCUT2D eigenvalue weighted by molar-refractivity contribution is 0.160. The minimum absolute atomic E-state index is 0.147. The summed E-state index contributed by atoms with van der Waals surface area (Å²) in [6.07, 6.45) is 0.194. The Balaban J connectivity index is 2.33. The van der Waals surface area contributed by atoms with Gasteiger partial charge >= 0.3 is 0 Å². The average molecular weight is 282 g/mol. The second-order valence-corrected chi connectivity index (χ2v) is 4.33. The molecule has 0 aliphatic rings. The smallest absolute Gasteiger partial charge is 0.162 e. The van der Waals surface area contributed by atoms with Crippen molar-refractivity contribution in [3.05, 3.63) is 47.3 Å². The molecular weight excluding hydrogens is 266 g/mol. The molecule has 1 N–H and O–H groups in total. The van der Waals surface area contributed by atoms with Crippen LogP contribution < -0.4 is 4.74 Å². The van der Waals surface area contributed by atoms with Crippen LogP contribution in [0.2, 0.25) is 0 Å². The summed E-state index contributed by atoms with van der Waals surface area (Å²) in [4.78, 5) is 0. The Morgan fingerprint density at radius 3 is 2.55 bits per heavy atom. The number of aryl methyl sites for hydroxylation is 1. The summed E-state index contributed by atoms with van der Waals surface area (Å²) in [7, 11) is 1.46. The predicted molar refractivity (Wildman–Crippen MR) is 69.5 cm³/mol. The van der Waals surface area contributed by atoms with Crippen LogP contribution in [-0.4, -0.2) is 22.0 Å². The molecule has 1 heterocycles. The van der Waals surface area contributed by atoms with Gasteiger partial charge in [0.15, 0.2) is 5.75 Å². The van der Waals surface area contributed by atoms with Gasteiger partial charge in [0.2, 0.25) is 0 Å². The van der Waals surface area contributed by atoms with Crippen LogP contribution in [0.4, 0.5) is 8.78 Å². The van der Waals surface area contributed by atoms with E-state index in [1.165, 1.54) is 31.5 Å². The number of benzene rings is 1. The number of aliphatic hydroxyl groups excluding tert-OH is 1. The maximum absolute atomic E-state index is 13.6. The second-order valence-electron chi connectivity index (χ2n) is 4.33. The summed E-state index contributed by atoms with van der Waals surface area (Å²) in [6, 6.07) is 3.62. The first-order chi connectivity index (χ1) is 9.58. The van der Waals surface area contributed by atoms with Crippen molar-refractivity contribution in [3.63, 3.8) is 0 Å². The number of nitrogens with zero attached hydrogens (tertiary/aromatic N) is 2. The molecule has 0 spiro atoms. The molecule has 6 heteroatoms. The maximum Gasteiger partial charge on any atom is 0.162 e. The van der Waals surface area contributed by atoms with Crippen LogP contribution in [0.5, 0.6) is 5.75 Å². The summed E-state index contributed by atoms with van der Waals surface area (Å²) in [5, 5.41) is 14.3. The zero-order valence-corrected chi connectivity index (χ0v) is 11.3. The number of ether oxygens (including phenoxy) is 1. The van der Waals surface area contributed by atoms with E-state index < -0.39 is 17.7 Å². The van der Waals surface area contributed by atoms with Gasteiger partial charge in [0, 0.05) is 18.5 Å². The van der Waals surface area contributed by atoms with E-state index in [1.54, 1.807) is 4.68 Å². The monoisotopic (exact) mass is 282 g/mol. The average Bonchev–Trinajstić information content (AvgIpc) is 2.85. The largest absolute Gasteiger partial charge is 0.493 e. The molecule has 0 amide bonds. The normalized spacial score (nSPS) is 12.4. The molecule has 2 aromatic rings. The third-order valence-electron chi connectivity index (χ3n) is 3.14. The molecule has 0 aliphatic carbocycles.